The van der Waals surface area contributed by atoms with Crippen molar-refractivity contribution >= 4 is 5.91 Å². The first-order chi connectivity index (χ1) is 4.75. The van der Waals surface area contributed by atoms with Crippen LogP contribution in [0.3, 0.4) is 0 Å². The van der Waals surface area contributed by atoms with Crippen molar-refractivity contribution in [3.8, 4) is 0 Å². The molecule has 4 nitrogen and oxygen atoms in total. The van der Waals surface area contributed by atoms with Gasteiger partial charge in [-0.2, -0.15) is 5.10 Å². The minimum absolute atomic E-state index is 0.142. The highest BCUT2D eigenvalue weighted by Gasteiger charge is 2.05. The lowest BCUT2D eigenvalue weighted by Gasteiger charge is -1.97. The van der Waals surface area contributed by atoms with Crippen molar-refractivity contribution in [1.82, 2.24) is 15.1 Å². The van der Waals surface area contributed by atoms with E-state index in [9.17, 15) is 4.79 Å². The zero-order valence-electron chi connectivity index (χ0n) is 5.88. The number of hydrogen-bond donors (Lipinski definition) is 1. The molecule has 0 unspecified atom stereocenters. The molecule has 10 heavy (non-hydrogen) atoms. The molecular formula is C6H8N3O. The molecule has 0 atom stereocenters. The highest BCUT2D eigenvalue weighted by Crippen LogP contribution is 1.93. The van der Waals surface area contributed by atoms with Crippen LogP contribution in [-0.4, -0.2) is 22.7 Å². The fraction of sp³-hybridized carbons (Fsp3) is 0.333. The number of nitrogens with one attached hydrogen (secondary N) is 1. The molecule has 0 aliphatic rings. The van der Waals surface area contributed by atoms with Crippen LogP contribution in [0.25, 0.3) is 0 Å². The van der Waals surface area contributed by atoms with Crippen LogP contribution < -0.4 is 5.32 Å². The summed E-state index contributed by atoms with van der Waals surface area (Å²) in [7, 11) is 3.27. The quantitative estimate of drug-likeness (QED) is 0.573. The lowest BCUT2D eigenvalue weighted by atomic mass is 10.4. The standard InChI is InChI=1S/C6H8N3O/c1-7-6(10)5-3-4-8-9(5)2/h3H,1-2H3,(H,7,10). The van der Waals surface area contributed by atoms with Gasteiger partial charge in [0, 0.05) is 14.1 Å². The minimum Gasteiger partial charge on any atom is -0.354 e. The van der Waals surface area contributed by atoms with Gasteiger partial charge in [0.25, 0.3) is 5.91 Å². The maximum absolute atomic E-state index is 10.9. The second-order valence-electron chi connectivity index (χ2n) is 1.86. The number of amides is 1. The molecule has 0 fully saturated rings. The average Bonchev–Trinajstić information content (AvgIpc) is 2.34. The first-order valence-electron chi connectivity index (χ1n) is 2.88. The van der Waals surface area contributed by atoms with Gasteiger partial charge >= 0.3 is 0 Å². The molecule has 0 spiro atoms. The molecule has 1 amide bonds. The molecule has 1 N–H and O–H groups in total. The summed E-state index contributed by atoms with van der Waals surface area (Å²) in [5.74, 6) is -0.142. The Morgan fingerprint density at radius 2 is 2.60 bits per heavy atom. The van der Waals surface area contributed by atoms with Crippen molar-refractivity contribution < 1.29 is 4.79 Å². The molecule has 0 saturated heterocycles. The van der Waals surface area contributed by atoms with Gasteiger partial charge < -0.3 is 5.32 Å². The van der Waals surface area contributed by atoms with Crippen molar-refractivity contribution in [1.29, 1.82) is 0 Å². The maximum atomic E-state index is 10.9. The Balaban J connectivity index is 2.93. The molecule has 1 radical (unpaired) electrons. The molecule has 0 aliphatic heterocycles. The number of aryl methyl sites for hydroxylation is 1. The third-order valence-electron chi connectivity index (χ3n) is 1.22. The Bertz CT molecular complexity index is 241. The Kier molecular flexibility index (Phi) is 1.71. The average molecular weight is 138 g/mol. The van der Waals surface area contributed by atoms with Gasteiger partial charge in [0.05, 0.1) is 0 Å². The van der Waals surface area contributed by atoms with E-state index in [-0.39, 0.29) is 5.91 Å². The van der Waals surface area contributed by atoms with E-state index >= 15 is 0 Å². The maximum Gasteiger partial charge on any atom is 0.269 e. The summed E-state index contributed by atoms with van der Waals surface area (Å²) in [5, 5.41) is 6.20. The van der Waals surface area contributed by atoms with E-state index in [0.29, 0.717) is 5.69 Å². The van der Waals surface area contributed by atoms with E-state index in [1.54, 1.807) is 20.2 Å². The van der Waals surface area contributed by atoms with Gasteiger partial charge in [0.15, 0.2) is 0 Å². The normalized spacial score (nSPS) is 9.40. The zero-order chi connectivity index (χ0) is 7.56. The molecule has 1 aromatic rings. The van der Waals surface area contributed by atoms with Crippen LogP contribution >= 0.6 is 0 Å². The molecule has 53 valence electrons. The summed E-state index contributed by atoms with van der Waals surface area (Å²) in [6.07, 6.45) is 2.57. The highest BCUT2D eigenvalue weighted by molar-refractivity contribution is 5.92. The second-order valence-corrected chi connectivity index (χ2v) is 1.86. The number of carbonyl (C=O) groups is 1. The zero-order valence-corrected chi connectivity index (χ0v) is 5.88. The van der Waals surface area contributed by atoms with E-state index in [0.717, 1.165) is 0 Å². The third kappa shape index (κ3) is 1.00. The Labute approximate surface area is 58.8 Å². The van der Waals surface area contributed by atoms with Crippen LogP contribution in [0, 0.1) is 6.20 Å². The molecule has 0 aliphatic carbocycles. The Hall–Kier alpha value is -1.32. The number of hydrogen-bond acceptors (Lipinski definition) is 2. The first kappa shape index (κ1) is 6.80. The summed E-state index contributed by atoms with van der Waals surface area (Å²) in [5.41, 5.74) is 0.516. The van der Waals surface area contributed by atoms with Gasteiger partial charge in [-0.3, -0.25) is 9.48 Å². The molecule has 0 saturated carbocycles. The van der Waals surface area contributed by atoms with E-state index < -0.39 is 0 Å². The van der Waals surface area contributed by atoms with Crippen molar-refractivity contribution in [3.63, 3.8) is 0 Å². The minimum atomic E-state index is -0.142. The third-order valence-corrected chi connectivity index (χ3v) is 1.22. The van der Waals surface area contributed by atoms with Gasteiger partial charge in [-0.1, -0.05) is 0 Å². The van der Waals surface area contributed by atoms with Gasteiger partial charge in [-0.05, 0) is 6.07 Å². The predicted molar refractivity (Wildman–Crippen MR) is 35.4 cm³/mol. The van der Waals surface area contributed by atoms with Crippen molar-refractivity contribution in [3.05, 3.63) is 18.0 Å². The molecule has 4 heteroatoms. The lowest BCUT2D eigenvalue weighted by molar-refractivity contribution is 0.0954. The number of rotatable bonds is 1. The smallest absolute Gasteiger partial charge is 0.269 e. The van der Waals surface area contributed by atoms with E-state index in [1.165, 1.54) is 4.68 Å². The Morgan fingerprint density at radius 1 is 1.90 bits per heavy atom. The SMILES string of the molecule is CNC(=O)c1c[c]nn1C. The van der Waals surface area contributed by atoms with Crippen molar-refractivity contribution in [2.45, 2.75) is 0 Å². The highest BCUT2D eigenvalue weighted by atomic mass is 16.1. The van der Waals surface area contributed by atoms with E-state index in [4.69, 9.17) is 0 Å². The summed E-state index contributed by atoms with van der Waals surface area (Å²) >= 11 is 0. The van der Waals surface area contributed by atoms with E-state index in [1.807, 2.05) is 0 Å². The van der Waals surface area contributed by atoms with E-state index in [2.05, 4.69) is 16.6 Å². The predicted octanol–water partition coefficient (Wildman–Crippen LogP) is -0.420. The fourth-order valence-electron chi connectivity index (χ4n) is 0.664. The number of nitrogens with zero attached hydrogens (tertiary/aromatic N) is 2. The first-order valence-corrected chi connectivity index (χ1v) is 2.88. The van der Waals surface area contributed by atoms with Gasteiger partial charge in [-0.15, -0.1) is 0 Å². The van der Waals surface area contributed by atoms with Crippen molar-refractivity contribution in [2.24, 2.45) is 7.05 Å². The van der Waals surface area contributed by atoms with Crippen molar-refractivity contribution in [2.75, 3.05) is 7.05 Å². The van der Waals surface area contributed by atoms with Crippen LogP contribution in [0.15, 0.2) is 6.07 Å². The summed E-state index contributed by atoms with van der Waals surface area (Å²) < 4.78 is 1.47. The van der Waals surface area contributed by atoms with Gasteiger partial charge in [0.2, 0.25) is 0 Å². The molecule has 0 aromatic carbocycles. The van der Waals surface area contributed by atoms with Crippen LogP contribution in [0.2, 0.25) is 0 Å². The van der Waals surface area contributed by atoms with Crippen LogP contribution in [0.1, 0.15) is 10.5 Å². The molecule has 1 rings (SSSR count). The fourth-order valence-corrected chi connectivity index (χ4v) is 0.664. The summed E-state index contributed by atoms with van der Waals surface area (Å²) in [4.78, 5) is 10.9. The van der Waals surface area contributed by atoms with Gasteiger partial charge in [0.1, 0.15) is 11.9 Å². The Morgan fingerprint density at radius 3 is 3.00 bits per heavy atom. The second kappa shape index (κ2) is 2.51. The summed E-state index contributed by atoms with van der Waals surface area (Å²) in [6, 6.07) is 1.54. The van der Waals surface area contributed by atoms with Crippen LogP contribution in [0.5, 0.6) is 0 Å². The molecule has 1 heterocycles. The summed E-state index contributed by atoms with van der Waals surface area (Å²) in [6.45, 7) is 0. The van der Waals surface area contributed by atoms with Crippen LogP contribution in [-0.2, 0) is 7.05 Å². The molecule has 1 aromatic heterocycles. The molecular weight excluding hydrogens is 130 g/mol. The van der Waals surface area contributed by atoms with Gasteiger partial charge in [-0.25, -0.2) is 0 Å². The lowest BCUT2D eigenvalue weighted by Crippen LogP contribution is -2.20. The number of aromatic nitrogens is 2. The number of carbonyl (C=O) groups excluding carboxylic acids is 1. The largest absolute Gasteiger partial charge is 0.354 e. The topological polar surface area (TPSA) is 46.9 Å². The van der Waals surface area contributed by atoms with Crippen LogP contribution in [0.4, 0.5) is 0 Å². The molecule has 0 bridgehead atoms. The monoisotopic (exact) mass is 138 g/mol.